The Morgan fingerprint density at radius 3 is 2.39 bits per heavy atom. The molecule has 2 aromatic rings. The van der Waals surface area contributed by atoms with Crippen molar-refractivity contribution in [3.8, 4) is 0 Å². The van der Waals surface area contributed by atoms with Crippen molar-refractivity contribution in [2.75, 3.05) is 5.75 Å². The molecule has 1 N–H and O–H groups in total. The van der Waals surface area contributed by atoms with Crippen LogP contribution in [0.25, 0.3) is 0 Å². The quantitative estimate of drug-likeness (QED) is 0.599. The standard InChI is InChI=1S/C25H31FN2O2S/c1-19(25(30)27-23-10-6-3-7-11-23)28(16-20-12-14-22(26)15-13-20)24(29)18-31-17-21-8-4-2-5-9-21/h2,4-5,8-9,12-15,19,23H,3,6-7,10-11,16-18H2,1H3,(H,27,30). The van der Waals surface area contributed by atoms with E-state index in [0.717, 1.165) is 42.6 Å². The molecule has 0 aromatic heterocycles. The van der Waals surface area contributed by atoms with E-state index in [4.69, 9.17) is 0 Å². The van der Waals surface area contributed by atoms with Crippen LogP contribution in [0.15, 0.2) is 54.6 Å². The summed E-state index contributed by atoms with van der Waals surface area (Å²) in [6.45, 7) is 2.06. The minimum Gasteiger partial charge on any atom is -0.352 e. The summed E-state index contributed by atoms with van der Waals surface area (Å²) in [5.74, 6) is 0.506. The van der Waals surface area contributed by atoms with Gasteiger partial charge in [0, 0.05) is 18.3 Å². The van der Waals surface area contributed by atoms with Gasteiger partial charge >= 0.3 is 0 Å². The molecule has 2 aromatic carbocycles. The molecule has 1 unspecified atom stereocenters. The summed E-state index contributed by atoms with van der Waals surface area (Å²) in [5, 5.41) is 3.13. The normalized spacial score (nSPS) is 15.3. The maximum absolute atomic E-state index is 13.3. The van der Waals surface area contributed by atoms with Gasteiger partial charge in [-0.2, -0.15) is 0 Å². The van der Waals surface area contributed by atoms with Crippen LogP contribution in [0.1, 0.15) is 50.2 Å². The van der Waals surface area contributed by atoms with E-state index in [1.807, 2.05) is 30.3 Å². The molecule has 0 radical (unpaired) electrons. The zero-order valence-corrected chi connectivity index (χ0v) is 18.9. The van der Waals surface area contributed by atoms with E-state index in [-0.39, 0.29) is 36.0 Å². The Morgan fingerprint density at radius 1 is 1.03 bits per heavy atom. The lowest BCUT2D eigenvalue weighted by molar-refractivity contribution is -0.139. The number of amides is 2. The SMILES string of the molecule is CC(C(=O)NC1CCCCC1)N(Cc1ccc(F)cc1)C(=O)CSCc1ccccc1. The Balaban J connectivity index is 1.64. The fourth-order valence-electron chi connectivity index (χ4n) is 3.85. The molecule has 1 fully saturated rings. The van der Waals surface area contributed by atoms with Crippen LogP contribution in [0, 0.1) is 5.82 Å². The Hall–Kier alpha value is -2.34. The van der Waals surface area contributed by atoms with Gasteiger partial charge in [0.2, 0.25) is 11.8 Å². The molecular weight excluding hydrogens is 411 g/mol. The Kier molecular flexibility index (Phi) is 8.95. The highest BCUT2D eigenvalue weighted by Gasteiger charge is 2.28. The lowest BCUT2D eigenvalue weighted by Crippen LogP contribution is -2.50. The first-order chi connectivity index (χ1) is 15.0. The topological polar surface area (TPSA) is 49.4 Å². The van der Waals surface area contributed by atoms with Crippen molar-refractivity contribution in [2.45, 2.75) is 63.4 Å². The number of hydrogen-bond donors (Lipinski definition) is 1. The third kappa shape index (κ3) is 7.39. The number of nitrogens with zero attached hydrogens (tertiary/aromatic N) is 1. The molecule has 0 aliphatic heterocycles. The number of nitrogens with one attached hydrogen (secondary N) is 1. The van der Waals surface area contributed by atoms with E-state index in [1.165, 1.54) is 30.3 Å². The number of rotatable bonds is 9. The van der Waals surface area contributed by atoms with Crippen molar-refractivity contribution < 1.29 is 14.0 Å². The van der Waals surface area contributed by atoms with Gasteiger partial charge in [-0.15, -0.1) is 11.8 Å². The van der Waals surface area contributed by atoms with Crippen LogP contribution >= 0.6 is 11.8 Å². The molecule has 4 nitrogen and oxygen atoms in total. The molecular formula is C25H31FN2O2S. The molecule has 1 aliphatic carbocycles. The minimum atomic E-state index is -0.586. The lowest BCUT2D eigenvalue weighted by atomic mass is 9.95. The van der Waals surface area contributed by atoms with E-state index in [0.29, 0.717) is 0 Å². The summed E-state index contributed by atoms with van der Waals surface area (Å²) >= 11 is 1.54. The second-order valence-corrected chi connectivity index (χ2v) is 9.13. The van der Waals surface area contributed by atoms with Gasteiger partial charge in [0.05, 0.1) is 5.75 Å². The first kappa shape index (κ1) is 23.3. The van der Waals surface area contributed by atoms with Crippen molar-refractivity contribution in [2.24, 2.45) is 0 Å². The molecule has 0 bridgehead atoms. The van der Waals surface area contributed by atoms with Crippen LogP contribution in [0.3, 0.4) is 0 Å². The maximum Gasteiger partial charge on any atom is 0.242 e. The Morgan fingerprint density at radius 2 is 1.71 bits per heavy atom. The van der Waals surface area contributed by atoms with Gasteiger partial charge < -0.3 is 10.2 Å². The number of halogens is 1. The van der Waals surface area contributed by atoms with E-state index >= 15 is 0 Å². The predicted molar refractivity (Wildman–Crippen MR) is 124 cm³/mol. The predicted octanol–water partition coefficient (Wildman–Crippen LogP) is 4.93. The molecule has 0 spiro atoms. The summed E-state index contributed by atoms with van der Waals surface area (Å²) in [4.78, 5) is 27.6. The van der Waals surface area contributed by atoms with Gasteiger partial charge in [-0.3, -0.25) is 9.59 Å². The number of thioether (sulfide) groups is 1. The largest absolute Gasteiger partial charge is 0.352 e. The summed E-state index contributed by atoms with van der Waals surface area (Å²) in [6.07, 6.45) is 5.48. The third-order valence-electron chi connectivity index (χ3n) is 5.72. The molecule has 166 valence electrons. The highest BCUT2D eigenvalue weighted by molar-refractivity contribution is 7.99. The maximum atomic E-state index is 13.3. The second kappa shape index (κ2) is 11.9. The fourth-order valence-corrected chi connectivity index (χ4v) is 4.72. The number of carbonyl (C=O) groups excluding carboxylic acids is 2. The highest BCUT2D eigenvalue weighted by Crippen LogP contribution is 2.19. The molecule has 1 aliphatic rings. The smallest absolute Gasteiger partial charge is 0.242 e. The number of hydrogen-bond acceptors (Lipinski definition) is 3. The van der Waals surface area contributed by atoms with Crippen LogP contribution in [0.2, 0.25) is 0 Å². The zero-order chi connectivity index (χ0) is 22.1. The highest BCUT2D eigenvalue weighted by atomic mass is 32.2. The van der Waals surface area contributed by atoms with E-state index in [2.05, 4.69) is 5.32 Å². The average molecular weight is 443 g/mol. The summed E-state index contributed by atoms with van der Waals surface area (Å²) in [7, 11) is 0. The molecule has 1 atom stereocenters. The van der Waals surface area contributed by atoms with Crippen LogP contribution < -0.4 is 5.32 Å². The van der Waals surface area contributed by atoms with Gasteiger partial charge in [0.25, 0.3) is 0 Å². The van der Waals surface area contributed by atoms with Crippen LogP contribution in [-0.2, 0) is 21.9 Å². The van der Waals surface area contributed by atoms with E-state index in [1.54, 1.807) is 24.0 Å². The molecule has 1 saturated carbocycles. The van der Waals surface area contributed by atoms with Gasteiger partial charge in [-0.1, -0.05) is 61.7 Å². The third-order valence-corrected chi connectivity index (χ3v) is 6.71. The zero-order valence-electron chi connectivity index (χ0n) is 18.1. The molecule has 0 heterocycles. The molecule has 2 amide bonds. The van der Waals surface area contributed by atoms with Crippen molar-refractivity contribution >= 4 is 23.6 Å². The number of carbonyl (C=O) groups is 2. The van der Waals surface area contributed by atoms with E-state index < -0.39 is 6.04 Å². The van der Waals surface area contributed by atoms with E-state index in [9.17, 15) is 14.0 Å². The van der Waals surface area contributed by atoms with Gasteiger partial charge in [0.15, 0.2) is 0 Å². The molecule has 31 heavy (non-hydrogen) atoms. The monoisotopic (exact) mass is 442 g/mol. The van der Waals surface area contributed by atoms with Crippen LogP contribution in [-0.4, -0.2) is 34.6 Å². The van der Waals surface area contributed by atoms with Crippen molar-refractivity contribution in [1.29, 1.82) is 0 Å². The van der Waals surface area contributed by atoms with Gasteiger partial charge in [-0.25, -0.2) is 4.39 Å². The second-order valence-electron chi connectivity index (χ2n) is 8.15. The summed E-state index contributed by atoms with van der Waals surface area (Å²) in [5.41, 5.74) is 1.97. The van der Waals surface area contributed by atoms with Gasteiger partial charge in [-0.05, 0) is 43.0 Å². The number of benzene rings is 2. The molecule has 0 saturated heterocycles. The minimum absolute atomic E-state index is 0.0865. The van der Waals surface area contributed by atoms with Crippen molar-refractivity contribution in [3.63, 3.8) is 0 Å². The lowest BCUT2D eigenvalue weighted by Gasteiger charge is -2.31. The van der Waals surface area contributed by atoms with Gasteiger partial charge in [0.1, 0.15) is 11.9 Å². The molecule has 3 rings (SSSR count). The summed E-state index contributed by atoms with van der Waals surface area (Å²) in [6, 6.07) is 15.7. The average Bonchev–Trinajstić information content (AvgIpc) is 2.79. The van der Waals surface area contributed by atoms with Crippen molar-refractivity contribution in [3.05, 3.63) is 71.5 Å². The molecule has 6 heteroatoms. The Bertz CT molecular complexity index is 838. The van der Waals surface area contributed by atoms with Crippen LogP contribution in [0.4, 0.5) is 4.39 Å². The Labute approximate surface area is 188 Å². The first-order valence-electron chi connectivity index (χ1n) is 11.0. The van der Waals surface area contributed by atoms with Crippen LogP contribution in [0.5, 0.6) is 0 Å². The van der Waals surface area contributed by atoms with Crippen molar-refractivity contribution in [1.82, 2.24) is 10.2 Å². The summed E-state index contributed by atoms with van der Waals surface area (Å²) < 4.78 is 13.3. The fraction of sp³-hybridized carbons (Fsp3) is 0.440. The first-order valence-corrected chi connectivity index (χ1v) is 12.1.